The van der Waals surface area contributed by atoms with Crippen molar-refractivity contribution in [2.75, 3.05) is 10.6 Å². The molecule has 4 rings (SSSR count). The van der Waals surface area contributed by atoms with E-state index in [1.54, 1.807) is 12.1 Å². The van der Waals surface area contributed by atoms with Gasteiger partial charge in [0.05, 0.1) is 0 Å². The van der Waals surface area contributed by atoms with E-state index in [1.807, 2.05) is 24.3 Å². The van der Waals surface area contributed by atoms with Crippen LogP contribution in [0, 0.1) is 5.82 Å². The number of halogens is 3. The minimum atomic E-state index is -0.279. The Bertz CT molecular complexity index is 1200. The molecule has 0 saturated carbocycles. The third-order valence-electron chi connectivity index (χ3n) is 5.41. The molecule has 0 amide bonds. The first kappa shape index (κ1) is 23.2. The number of anilines is 3. The second-order valence-corrected chi connectivity index (χ2v) is 9.20. The van der Waals surface area contributed by atoms with Crippen LogP contribution in [0.5, 0.6) is 0 Å². The number of hydrogen-bond donors (Lipinski definition) is 2. The molecular weight excluding hydrogens is 503 g/mol. The zero-order chi connectivity index (χ0) is 23.2. The fraction of sp³-hybridized carbons (Fsp3) is 0.154. The van der Waals surface area contributed by atoms with Crippen LogP contribution in [0.1, 0.15) is 24.0 Å². The molecule has 2 atom stereocenters. The molecule has 1 heterocycles. The monoisotopic (exact) mass is 524 g/mol. The van der Waals surface area contributed by atoms with E-state index < -0.39 is 0 Å². The molecule has 0 aliphatic carbocycles. The van der Waals surface area contributed by atoms with Crippen molar-refractivity contribution in [3.63, 3.8) is 0 Å². The van der Waals surface area contributed by atoms with Crippen molar-refractivity contribution >= 4 is 44.9 Å². The van der Waals surface area contributed by atoms with Crippen LogP contribution in [0.3, 0.4) is 0 Å². The van der Waals surface area contributed by atoms with Gasteiger partial charge in [-0.15, -0.1) is 0 Å². The molecule has 0 aliphatic heterocycles. The quantitative estimate of drug-likeness (QED) is 0.249. The van der Waals surface area contributed by atoms with Gasteiger partial charge in [-0.05, 0) is 73.0 Å². The van der Waals surface area contributed by atoms with E-state index in [-0.39, 0.29) is 17.8 Å². The van der Waals surface area contributed by atoms with Crippen molar-refractivity contribution in [1.29, 1.82) is 0 Å². The summed E-state index contributed by atoms with van der Waals surface area (Å²) in [5.41, 5.74) is 3.18. The third-order valence-corrected chi connectivity index (χ3v) is 6.15. The molecule has 0 saturated heterocycles. The lowest BCUT2D eigenvalue weighted by Gasteiger charge is -2.26. The standard InChI is InChI=1S/C26H23BrClFN4/c1-17(32-25-15-26(31-16-30-25)33-23-11-9-22(29)10-12-23)24(19-3-2-4-20(27)14-19)13-18-5-7-21(28)8-6-18/h2-12,14-17,24H,13H2,1H3,(H2,30,31,32,33)/t17-,24+/m0/s1. The fourth-order valence-corrected chi connectivity index (χ4v) is 4.26. The summed E-state index contributed by atoms with van der Waals surface area (Å²) in [6, 6.07) is 24.4. The SMILES string of the molecule is C[C@H](Nc1cc(Nc2ccc(F)cc2)ncn1)[C@@H](Cc1ccc(Cl)cc1)c1cccc(Br)c1. The predicted octanol–water partition coefficient (Wildman–Crippen LogP) is 7.60. The maximum atomic E-state index is 13.2. The molecule has 0 fully saturated rings. The Morgan fingerprint density at radius 3 is 2.39 bits per heavy atom. The summed E-state index contributed by atoms with van der Waals surface area (Å²) in [6.07, 6.45) is 2.35. The van der Waals surface area contributed by atoms with Crippen LogP contribution in [0.25, 0.3) is 0 Å². The van der Waals surface area contributed by atoms with Crippen LogP contribution in [0.15, 0.2) is 89.7 Å². The van der Waals surface area contributed by atoms with E-state index in [9.17, 15) is 4.39 Å². The molecule has 0 spiro atoms. The first-order valence-corrected chi connectivity index (χ1v) is 11.7. The molecule has 168 valence electrons. The summed E-state index contributed by atoms with van der Waals surface area (Å²) >= 11 is 9.68. The highest BCUT2D eigenvalue weighted by molar-refractivity contribution is 9.10. The van der Waals surface area contributed by atoms with Crippen molar-refractivity contribution in [2.45, 2.75) is 25.3 Å². The number of hydrogen-bond acceptors (Lipinski definition) is 4. The molecule has 0 bridgehead atoms. The molecule has 7 heteroatoms. The lowest BCUT2D eigenvalue weighted by atomic mass is 9.86. The summed E-state index contributed by atoms with van der Waals surface area (Å²) in [5, 5.41) is 7.44. The Morgan fingerprint density at radius 2 is 1.67 bits per heavy atom. The van der Waals surface area contributed by atoms with E-state index in [2.05, 4.69) is 73.8 Å². The van der Waals surface area contributed by atoms with Crippen LogP contribution < -0.4 is 10.6 Å². The minimum Gasteiger partial charge on any atom is -0.367 e. The second kappa shape index (κ2) is 10.8. The number of nitrogens with zero attached hydrogens (tertiary/aromatic N) is 2. The molecule has 4 nitrogen and oxygen atoms in total. The van der Waals surface area contributed by atoms with Gasteiger partial charge in [0.2, 0.25) is 0 Å². The summed E-state index contributed by atoms with van der Waals surface area (Å²) in [5.74, 6) is 1.24. The lowest BCUT2D eigenvalue weighted by molar-refractivity contribution is 0.594. The van der Waals surface area contributed by atoms with Crippen LogP contribution in [-0.4, -0.2) is 16.0 Å². The smallest absolute Gasteiger partial charge is 0.135 e. The van der Waals surface area contributed by atoms with Crippen LogP contribution in [0.4, 0.5) is 21.7 Å². The van der Waals surface area contributed by atoms with Gasteiger partial charge < -0.3 is 10.6 Å². The van der Waals surface area contributed by atoms with Crippen molar-refractivity contribution in [3.05, 3.63) is 112 Å². The Labute approximate surface area is 206 Å². The Balaban J connectivity index is 1.54. The Morgan fingerprint density at radius 1 is 0.939 bits per heavy atom. The van der Waals surface area contributed by atoms with Gasteiger partial charge >= 0.3 is 0 Å². The molecule has 33 heavy (non-hydrogen) atoms. The van der Waals surface area contributed by atoms with E-state index >= 15 is 0 Å². The number of benzene rings is 3. The van der Waals surface area contributed by atoms with Gasteiger partial charge in [-0.2, -0.15) is 0 Å². The van der Waals surface area contributed by atoms with Crippen molar-refractivity contribution < 1.29 is 4.39 Å². The van der Waals surface area contributed by atoms with Gasteiger partial charge in [0, 0.05) is 33.2 Å². The molecule has 1 aromatic heterocycles. The first-order valence-electron chi connectivity index (χ1n) is 10.6. The van der Waals surface area contributed by atoms with Crippen LogP contribution in [0.2, 0.25) is 5.02 Å². The number of nitrogens with one attached hydrogen (secondary N) is 2. The summed E-state index contributed by atoms with van der Waals surface area (Å²) < 4.78 is 14.2. The normalized spacial score (nSPS) is 12.7. The first-order chi connectivity index (χ1) is 16.0. The van der Waals surface area contributed by atoms with Gasteiger partial charge in [0.25, 0.3) is 0 Å². The zero-order valence-electron chi connectivity index (χ0n) is 18.0. The summed E-state index contributed by atoms with van der Waals surface area (Å²) in [7, 11) is 0. The summed E-state index contributed by atoms with van der Waals surface area (Å²) in [4.78, 5) is 8.68. The van der Waals surface area contributed by atoms with Crippen LogP contribution in [-0.2, 0) is 6.42 Å². The summed E-state index contributed by atoms with van der Waals surface area (Å²) in [6.45, 7) is 2.15. The van der Waals surface area contributed by atoms with Crippen molar-refractivity contribution in [3.8, 4) is 0 Å². The van der Waals surface area contributed by atoms with Gasteiger partial charge in [-0.3, -0.25) is 0 Å². The van der Waals surface area contributed by atoms with Gasteiger partial charge in [-0.25, -0.2) is 14.4 Å². The van der Waals surface area contributed by atoms with Crippen molar-refractivity contribution in [2.24, 2.45) is 0 Å². The van der Waals surface area contributed by atoms with E-state index in [0.29, 0.717) is 11.6 Å². The van der Waals surface area contributed by atoms with Crippen LogP contribution >= 0.6 is 27.5 Å². The molecule has 3 aromatic carbocycles. The maximum absolute atomic E-state index is 13.2. The largest absolute Gasteiger partial charge is 0.367 e. The number of aromatic nitrogens is 2. The fourth-order valence-electron chi connectivity index (χ4n) is 3.71. The highest BCUT2D eigenvalue weighted by atomic mass is 79.9. The second-order valence-electron chi connectivity index (χ2n) is 7.85. The van der Waals surface area contributed by atoms with Gasteiger partial charge in [0.15, 0.2) is 0 Å². The minimum absolute atomic E-state index is 0.0727. The lowest BCUT2D eigenvalue weighted by Crippen LogP contribution is -2.26. The van der Waals surface area contributed by atoms with Gasteiger partial charge in [-0.1, -0.05) is 51.8 Å². The zero-order valence-corrected chi connectivity index (χ0v) is 20.3. The Kier molecular flexibility index (Phi) is 7.57. The highest BCUT2D eigenvalue weighted by Crippen LogP contribution is 2.29. The van der Waals surface area contributed by atoms with E-state index in [0.717, 1.165) is 21.6 Å². The molecule has 0 radical (unpaired) electrons. The number of rotatable bonds is 8. The Hall–Kier alpha value is -2.96. The maximum Gasteiger partial charge on any atom is 0.135 e. The third kappa shape index (κ3) is 6.53. The average molecular weight is 526 g/mol. The highest BCUT2D eigenvalue weighted by Gasteiger charge is 2.21. The van der Waals surface area contributed by atoms with E-state index in [1.165, 1.54) is 29.6 Å². The molecule has 0 unspecified atom stereocenters. The van der Waals surface area contributed by atoms with Crippen molar-refractivity contribution in [1.82, 2.24) is 9.97 Å². The molecule has 2 N–H and O–H groups in total. The van der Waals surface area contributed by atoms with Gasteiger partial charge in [0.1, 0.15) is 23.8 Å². The topological polar surface area (TPSA) is 49.8 Å². The average Bonchev–Trinajstić information content (AvgIpc) is 2.80. The molecule has 0 aliphatic rings. The predicted molar refractivity (Wildman–Crippen MR) is 137 cm³/mol. The molecule has 4 aromatic rings. The molecular formula is C26H23BrClFN4. The van der Waals surface area contributed by atoms with E-state index in [4.69, 9.17) is 11.6 Å².